The fraction of sp³-hybridized carbons (Fsp3) is 0.312. The number of oxazole rings is 1. The molecule has 1 aliphatic rings. The molecule has 22 heavy (non-hydrogen) atoms. The minimum atomic E-state index is -0.811. The van der Waals surface area contributed by atoms with Gasteiger partial charge in [0.05, 0.1) is 5.92 Å². The third kappa shape index (κ3) is 2.72. The number of nitrogens with zero attached hydrogens (tertiary/aromatic N) is 1. The minimum Gasteiger partial charge on any atom is -0.481 e. The average Bonchev–Trinajstić information content (AvgIpc) is 2.85. The summed E-state index contributed by atoms with van der Waals surface area (Å²) in [4.78, 5) is 27.2. The monoisotopic (exact) mass is 300 g/mol. The van der Waals surface area contributed by atoms with Gasteiger partial charge in [0, 0.05) is 11.6 Å². The number of carboxylic acid groups (broad SMARTS) is 1. The summed E-state index contributed by atoms with van der Waals surface area (Å²) in [5.41, 5.74) is 1.05. The molecule has 1 amide bonds. The van der Waals surface area contributed by atoms with Gasteiger partial charge in [-0.2, -0.15) is 0 Å². The van der Waals surface area contributed by atoms with Gasteiger partial charge >= 0.3 is 5.97 Å². The predicted molar refractivity (Wildman–Crippen MR) is 78.3 cm³/mol. The Labute approximate surface area is 127 Å². The van der Waals surface area contributed by atoms with Gasteiger partial charge in [0.1, 0.15) is 5.76 Å². The van der Waals surface area contributed by atoms with Crippen molar-refractivity contribution in [3.8, 4) is 11.5 Å². The Hall–Kier alpha value is -2.63. The van der Waals surface area contributed by atoms with Crippen molar-refractivity contribution >= 4 is 11.9 Å². The Morgan fingerprint density at radius 3 is 2.59 bits per heavy atom. The van der Waals surface area contributed by atoms with Gasteiger partial charge in [-0.15, -0.1) is 0 Å². The Morgan fingerprint density at radius 2 is 1.95 bits per heavy atom. The lowest BCUT2D eigenvalue weighted by Crippen LogP contribution is -2.46. The van der Waals surface area contributed by atoms with Gasteiger partial charge < -0.3 is 14.8 Å². The van der Waals surface area contributed by atoms with Gasteiger partial charge in [0.15, 0.2) is 5.69 Å². The number of benzene rings is 1. The smallest absolute Gasteiger partial charge is 0.306 e. The van der Waals surface area contributed by atoms with Crippen LogP contribution in [-0.2, 0) is 4.79 Å². The van der Waals surface area contributed by atoms with Crippen LogP contribution in [0.3, 0.4) is 0 Å². The van der Waals surface area contributed by atoms with E-state index in [2.05, 4.69) is 10.3 Å². The van der Waals surface area contributed by atoms with Crippen molar-refractivity contribution in [2.75, 3.05) is 0 Å². The summed E-state index contributed by atoms with van der Waals surface area (Å²) in [7, 11) is 0. The van der Waals surface area contributed by atoms with Crippen LogP contribution in [0.1, 0.15) is 29.1 Å². The topological polar surface area (TPSA) is 92.4 Å². The van der Waals surface area contributed by atoms with Crippen LogP contribution in [0.2, 0.25) is 0 Å². The number of rotatable bonds is 4. The summed E-state index contributed by atoms with van der Waals surface area (Å²) in [6, 6.07) is 9.24. The summed E-state index contributed by atoms with van der Waals surface area (Å²) in [5.74, 6) is -0.638. The lowest BCUT2D eigenvalue weighted by Gasteiger charge is -2.32. The van der Waals surface area contributed by atoms with Gasteiger partial charge in [-0.3, -0.25) is 9.59 Å². The molecular formula is C16H16N2O4. The van der Waals surface area contributed by atoms with Crippen molar-refractivity contribution in [1.29, 1.82) is 0 Å². The van der Waals surface area contributed by atoms with Crippen molar-refractivity contribution < 1.29 is 19.1 Å². The molecule has 1 aromatic heterocycles. The van der Waals surface area contributed by atoms with Gasteiger partial charge in [-0.25, -0.2) is 4.98 Å². The van der Waals surface area contributed by atoms with E-state index in [0.29, 0.717) is 24.5 Å². The quantitative estimate of drug-likeness (QED) is 0.903. The summed E-state index contributed by atoms with van der Waals surface area (Å²) in [5, 5.41) is 11.6. The molecule has 2 N–H and O–H groups in total. The Balaban J connectivity index is 1.69. The molecule has 1 saturated carbocycles. The molecule has 0 saturated heterocycles. The number of nitrogens with one attached hydrogen (secondary N) is 1. The summed E-state index contributed by atoms with van der Waals surface area (Å²) >= 11 is 0. The molecule has 0 bridgehead atoms. The molecule has 3 rings (SSSR count). The second-order valence-electron chi connectivity index (χ2n) is 5.47. The number of aryl methyl sites for hydroxylation is 1. The molecule has 114 valence electrons. The molecular weight excluding hydrogens is 284 g/mol. The molecule has 0 unspecified atom stereocenters. The lowest BCUT2D eigenvalue weighted by atomic mass is 9.80. The van der Waals surface area contributed by atoms with Crippen LogP contribution in [0.4, 0.5) is 0 Å². The maximum atomic E-state index is 12.2. The molecule has 1 heterocycles. The molecule has 1 aromatic carbocycles. The number of carbonyl (C=O) groups is 2. The summed E-state index contributed by atoms with van der Waals surface area (Å²) in [6.07, 6.45) is 0.924. The van der Waals surface area contributed by atoms with Crippen LogP contribution < -0.4 is 5.32 Å². The average molecular weight is 300 g/mol. The van der Waals surface area contributed by atoms with Crippen molar-refractivity contribution in [3.05, 3.63) is 41.8 Å². The third-order valence-corrected chi connectivity index (χ3v) is 3.85. The molecule has 1 fully saturated rings. The van der Waals surface area contributed by atoms with Gasteiger partial charge in [-0.1, -0.05) is 18.2 Å². The predicted octanol–water partition coefficient (Wildman–Crippen LogP) is 2.24. The van der Waals surface area contributed by atoms with Crippen molar-refractivity contribution in [1.82, 2.24) is 10.3 Å². The number of carboxylic acids is 1. The summed E-state index contributed by atoms with van der Waals surface area (Å²) < 4.78 is 5.55. The number of amides is 1. The Kier molecular flexibility index (Phi) is 3.66. The van der Waals surface area contributed by atoms with Crippen LogP contribution in [-0.4, -0.2) is 28.0 Å². The fourth-order valence-corrected chi connectivity index (χ4v) is 2.50. The van der Waals surface area contributed by atoms with E-state index < -0.39 is 5.97 Å². The Morgan fingerprint density at radius 1 is 1.27 bits per heavy atom. The van der Waals surface area contributed by atoms with Gasteiger partial charge in [-0.05, 0) is 31.9 Å². The van der Waals surface area contributed by atoms with Crippen LogP contribution >= 0.6 is 0 Å². The zero-order valence-electron chi connectivity index (χ0n) is 12.1. The number of hydrogen-bond acceptors (Lipinski definition) is 4. The first-order valence-corrected chi connectivity index (χ1v) is 7.11. The number of aliphatic carboxylic acids is 1. The fourth-order valence-electron chi connectivity index (χ4n) is 2.50. The molecule has 0 radical (unpaired) electrons. The first kappa shape index (κ1) is 14.3. The van der Waals surface area contributed by atoms with Crippen molar-refractivity contribution in [2.45, 2.75) is 25.8 Å². The highest BCUT2D eigenvalue weighted by atomic mass is 16.4. The highest BCUT2D eigenvalue weighted by molar-refractivity contribution is 5.94. The van der Waals surface area contributed by atoms with Crippen LogP contribution in [0.5, 0.6) is 0 Å². The number of carbonyl (C=O) groups excluding carboxylic acids is 1. The Bertz CT molecular complexity index is 702. The van der Waals surface area contributed by atoms with E-state index in [9.17, 15) is 9.59 Å². The standard InChI is InChI=1S/C16H16N2O4/c1-9-13(14(19)17-12-7-11(8-12)16(20)21)18-15(22-9)10-5-3-2-4-6-10/h2-6,11-12H,7-8H2,1H3,(H,17,19)(H,20,21). The summed E-state index contributed by atoms with van der Waals surface area (Å²) in [6.45, 7) is 1.69. The van der Waals surface area contributed by atoms with Crippen LogP contribution in [0.25, 0.3) is 11.5 Å². The van der Waals surface area contributed by atoms with Crippen molar-refractivity contribution in [3.63, 3.8) is 0 Å². The first-order valence-electron chi connectivity index (χ1n) is 7.11. The third-order valence-electron chi connectivity index (χ3n) is 3.85. The van der Waals surface area contributed by atoms with E-state index in [1.807, 2.05) is 30.3 Å². The van der Waals surface area contributed by atoms with Gasteiger partial charge in [0.25, 0.3) is 5.91 Å². The zero-order chi connectivity index (χ0) is 15.7. The van der Waals surface area contributed by atoms with Crippen LogP contribution in [0, 0.1) is 12.8 Å². The highest BCUT2D eigenvalue weighted by Gasteiger charge is 2.36. The van der Waals surface area contributed by atoms with E-state index in [1.165, 1.54) is 0 Å². The molecule has 0 spiro atoms. The second kappa shape index (κ2) is 5.63. The van der Waals surface area contributed by atoms with E-state index in [4.69, 9.17) is 9.52 Å². The molecule has 2 aromatic rings. The number of aromatic nitrogens is 1. The maximum absolute atomic E-state index is 12.2. The van der Waals surface area contributed by atoms with Gasteiger partial charge in [0.2, 0.25) is 5.89 Å². The number of hydrogen-bond donors (Lipinski definition) is 2. The van der Waals surface area contributed by atoms with E-state index in [0.717, 1.165) is 5.56 Å². The molecule has 6 heteroatoms. The first-order chi connectivity index (χ1) is 10.5. The minimum absolute atomic E-state index is 0.107. The van der Waals surface area contributed by atoms with E-state index >= 15 is 0 Å². The van der Waals surface area contributed by atoms with Crippen molar-refractivity contribution in [2.24, 2.45) is 5.92 Å². The van der Waals surface area contributed by atoms with Crippen LogP contribution in [0.15, 0.2) is 34.7 Å². The zero-order valence-corrected chi connectivity index (χ0v) is 12.1. The van der Waals surface area contributed by atoms with E-state index in [-0.39, 0.29) is 23.6 Å². The molecule has 6 nitrogen and oxygen atoms in total. The molecule has 0 aliphatic heterocycles. The normalized spacial score (nSPS) is 20.2. The second-order valence-corrected chi connectivity index (χ2v) is 5.47. The lowest BCUT2D eigenvalue weighted by molar-refractivity contribution is -0.145. The molecule has 0 atom stereocenters. The SMILES string of the molecule is Cc1oc(-c2ccccc2)nc1C(=O)NC1CC(C(=O)O)C1. The largest absolute Gasteiger partial charge is 0.481 e. The highest BCUT2D eigenvalue weighted by Crippen LogP contribution is 2.28. The maximum Gasteiger partial charge on any atom is 0.306 e. The van der Waals surface area contributed by atoms with E-state index in [1.54, 1.807) is 6.92 Å². The molecule has 1 aliphatic carbocycles.